The third kappa shape index (κ3) is 3.12. The fraction of sp³-hybridized carbons (Fsp3) is 0.471. The van der Waals surface area contributed by atoms with Crippen molar-refractivity contribution in [3.63, 3.8) is 0 Å². The number of fused-ring (bicyclic) bond motifs is 1. The van der Waals surface area contributed by atoms with Crippen LogP contribution in [0.15, 0.2) is 36.7 Å². The molecule has 1 aromatic carbocycles. The van der Waals surface area contributed by atoms with Gasteiger partial charge in [0.05, 0.1) is 24.2 Å². The van der Waals surface area contributed by atoms with Gasteiger partial charge in [-0.15, -0.1) is 0 Å². The lowest BCUT2D eigenvalue weighted by Crippen LogP contribution is -2.47. The Morgan fingerprint density at radius 3 is 2.71 bits per heavy atom. The van der Waals surface area contributed by atoms with E-state index >= 15 is 0 Å². The molecule has 7 heteroatoms. The molecule has 0 spiro atoms. The van der Waals surface area contributed by atoms with Gasteiger partial charge in [0.25, 0.3) is 0 Å². The number of benzene rings is 1. The average molecular weight is 327 g/mol. The van der Waals surface area contributed by atoms with Crippen LogP contribution in [0, 0.1) is 5.92 Å². The maximum atomic E-state index is 12.3. The summed E-state index contributed by atoms with van der Waals surface area (Å²) in [7, 11) is 0. The smallest absolute Gasteiger partial charge is 0.319 e. The van der Waals surface area contributed by atoms with E-state index in [4.69, 9.17) is 4.74 Å². The van der Waals surface area contributed by atoms with Crippen LogP contribution in [-0.4, -0.2) is 39.8 Å². The van der Waals surface area contributed by atoms with Crippen molar-refractivity contribution in [2.24, 2.45) is 5.92 Å². The molecule has 1 aromatic heterocycles. The maximum absolute atomic E-state index is 12.3. The monoisotopic (exact) mass is 327 g/mol. The molecule has 1 saturated carbocycles. The number of urea groups is 1. The summed E-state index contributed by atoms with van der Waals surface area (Å²) < 4.78 is 5.75. The molecular weight excluding hydrogens is 306 g/mol. The molecule has 2 heterocycles. The van der Waals surface area contributed by atoms with Crippen LogP contribution in [0.5, 0.6) is 0 Å². The Morgan fingerprint density at radius 2 is 1.92 bits per heavy atom. The fourth-order valence-electron chi connectivity index (χ4n) is 3.72. The second-order valence-electron chi connectivity index (χ2n) is 6.36. The van der Waals surface area contributed by atoms with Crippen LogP contribution < -0.4 is 10.6 Å². The van der Waals surface area contributed by atoms with Crippen molar-refractivity contribution in [1.29, 1.82) is 0 Å². The molecule has 2 N–H and O–H groups in total. The average Bonchev–Trinajstić information content (AvgIpc) is 3.27. The largest absolute Gasteiger partial charge is 0.378 e. The number of anilines is 1. The van der Waals surface area contributed by atoms with E-state index in [1.165, 1.54) is 4.80 Å². The topological polar surface area (TPSA) is 81.1 Å². The van der Waals surface area contributed by atoms with E-state index in [-0.39, 0.29) is 12.1 Å². The minimum absolute atomic E-state index is 0.155. The molecule has 0 radical (unpaired) electrons. The molecule has 7 nitrogen and oxygen atoms in total. The Bertz CT molecular complexity index is 686. The highest BCUT2D eigenvalue weighted by molar-refractivity contribution is 5.89. The lowest BCUT2D eigenvalue weighted by atomic mass is 9.82. The van der Waals surface area contributed by atoms with Crippen molar-refractivity contribution in [2.75, 3.05) is 11.9 Å². The number of amides is 2. The summed E-state index contributed by atoms with van der Waals surface area (Å²) in [5.74, 6) is 0.456. The van der Waals surface area contributed by atoms with Gasteiger partial charge in [-0.25, -0.2) is 4.79 Å². The molecule has 4 rings (SSSR count). The maximum Gasteiger partial charge on any atom is 0.319 e. The zero-order valence-electron chi connectivity index (χ0n) is 13.4. The van der Waals surface area contributed by atoms with Gasteiger partial charge >= 0.3 is 6.03 Å². The van der Waals surface area contributed by atoms with E-state index in [1.807, 2.05) is 24.3 Å². The summed E-state index contributed by atoms with van der Waals surface area (Å²) in [6.07, 6.45) is 7.88. The molecule has 2 aliphatic rings. The normalized spacial score (nSPS) is 25.9. The minimum atomic E-state index is -0.155. The Kier molecular flexibility index (Phi) is 4.17. The molecule has 0 bridgehead atoms. The number of rotatable bonds is 3. The summed E-state index contributed by atoms with van der Waals surface area (Å²) in [5.41, 5.74) is 1.60. The standard InChI is InChI=1S/C17H21N5O2/c23-17(21-15-2-1-3-16-14(15)8-11-24-16)20-12-4-6-13(7-5-12)22-18-9-10-19-22/h4-7,9-10,14-16H,1-3,8,11H2,(H2,20,21,23)/t14-,15-,16+/m1/s1. The molecule has 24 heavy (non-hydrogen) atoms. The molecule has 1 aliphatic heterocycles. The first-order valence-electron chi connectivity index (χ1n) is 8.45. The summed E-state index contributed by atoms with van der Waals surface area (Å²) in [5, 5.41) is 14.2. The van der Waals surface area contributed by atoms with Crippen molar-refractivity contribution in [3.05, 3.63) is 36.7 Å². The minimum Gasteiger partial charge on any atom is -0.378 e. The lowest BCUT2D eigenvalue weighted by Gasteiger charge is -2.33. The second-order valence-corrected chi connectivity index (χ2v) is 6.36. The van der Waals surface area contributed by atoms with Gasteiger partial charge in [0.2, 0.25) is 0 Å². The number of nitrogens with one attached hydrogen (secondary N) is 2. The van der Waals surface area contributed by atoms with Crippen molar-refractivity contribution >= 4 is 11.7 Å². The first-order chi connectivity index (χ1) is 11.8. The molecule has 2 aromatic rings. The summed E-state index contributed by atoms with van der Waals surface area (Å²) in [6.45, 7) is 0.818. The Labute approximate surface area is 140 Å². The number of hydrogen-bond donors (Lipinski definition) is 2. The predicted octanol–water partition coefficient (Wildman–Crippen LogP) is 2.35. The van der Waals surface area contributed by atoms with Gasteiger partial charge in [-0.05, 0) is 49.9 Å². The van der Waals surface area contributed by atoms with Gasteiger partial charge in [0.15, 0.2) is 0 Å². The quantitative estimate of drug-likeness (QED) is 0.907. The van der Waals surface area contributed by atoms with Crippen LogP contribution in [0.2, 0.25) is 0 Å². The highest BCUT2D eigenvalue weighted by Crippen LogP contribution is 2.34. The van der Waals surface area contributed by atoms with Crippen molar-refractivity contribution < 1.29 is 9.53 Å². The van der Waals surface area contributed by atoms with Crippen LogP contribution in [0.25, 0.3) is 5.69 Å². The molecule has 126 valence electrons. The summed E-state index contributed by atoms with van der Waals surface area (Å²) in [6, 6.07) is 7.49. The molecule has 1 aliphatic carbocycles. The van der Waals surface area contributed by atoms with Crippen LogP contribution in [0.3, 0.4) is 0 Å². The van der Waals surface area contributed by atoms with Gasteiger partial charge < -0.3 is 15.4 Å². The van der Waals surface area contributed by atoms with Crippen LogP contribution in [0.4, 0.5) is 10.5 Å². The van der Waals surface area contributed by atoms with Gasteiger partial charge in [0, 0.05) is 24.3 Å². The number of hydrogen-bond acceptors (Lipinski definition) is 4. The van der Waals surface area contributed by atoms with E-state index in [0.29, 0.717) is 12.0 Å². The third-order valence-electron chi connectivity index (χ3n) is 4.87. The van der Waals surface area contributed by atoms with Crippen molar-refractivity contribution in [3.8, 4) is 5.69 Å². The molecule has 1 saturated heterocycles. The predicted molar refractivity (Wildman–Crippen MR) is 89.0 cm³/mol. The number of ether oxygens (including phenoxy) is 1. The van der Waals surface area contributed by atoms with Gasteiger partial charge in [0.1, 0.15) is 0 Å². The second kappa shape index (κ2) is 6.60. The summed E-state index contributed by atoms with van der Waals surface area (Å²) >= 11 is 0. The van der Waals surface area contributed by atoms with E-state index in [0.717, 1.165) is 43.7 Å². The van der Waals surface area contributed by atoms with E-state index in [2.05, 4.69) is 20.8 Å². The van der Waals surface area contributed by atoms with Gasteiger partial charge in [-0.2, -0.15) is 15.0 Å². The zero-order valence-corrected chi connectivity index (χ0v) is 13.4. The van der Waals surface area contributed by atoms with Crippen molar-refractivity contribution in [1.82, 2.24) is 20.3 Å². The van der Waals surface area contributed by atoms with E-state index in [9.17, 15) is 4.79 Å². The molecule has 3 atom stereocenters. The van der Waals surface area contributed by atoms with Crippen LogP contribution in [0.1, 0.15) is 25.7 Å². The molecule has 0 unspecified atom stereocenters. The van der Waals surface area contributed by atoms with Crippen molar-refractivity contribution in [2.45, 2.75) is 37.8 Å². The SMILES string of the molecule is O=C(Nc1ccc(-n2nccn2)cc1)N[C@@H]1CCC[C@@H]2OCC[C@@H]21. The molecule has 2 fully saturated rings. The zero-order chi connectivity index (χ0) is 16.4. The number of carbonyl (C=O) groups is 1. The highest BCUT2D eigenvalue weighted by Gasteiger charge is 2.38. The highest BCUT2D eigenvalue weighted by atomic mass is 16.5. The number of nitrogens with zero attached hydrogens (tertiary/aromatic N) is 3. The van der Waals surface area contributed by atoms with E-state index in [1.54, 1.807) is 12.4 Å². The van der Waals surface area contributed by atoms with Crippen LogP contribution in [-0.2, 0) is 4.74 Å². The third-order valence-corrected chi connectivity index (χ3v) is 4.87. The first-order valence-corrected chi connectivity index (χ1v) is 8.45. The fourth-order valence-corrected chi connectivity index (χ4v) is 3.72. The van der Waals surface area contributed by atoms with Gasteiger partial charge in [-0.3, -0.25) is 0 Å². The van der Waals surface area contributed by atoms with Crippen LogP contribution >= 0.6 is 0 Å². The van der Waals surface area contributed by atoms with Gasteiger partial charge in [-0.1, -0.05) is 0 Å². The molecular formula is C17H21N5O2. The summed E-state index contributed by atoms with van der Waals surface area (Å²) in [4.78, 5) is 13.8. The molecule has 2 amide bonds. The Morgan fingerprint density at radius 1 is 1.12 bits per heavy atom. The van der Waals surface area contributed by atoms with E-state index < -0.39 is 0 Å². The lowest BCUT2D eigenvalue weighted by molar-refractivity contribution is 0.0553. The Hall–Kier alpha value is -2.41. The Balaban J connectivity index is 1.36. The number of aromatic nitrogens is 3. The number of carbonyl (C=O) groups excluding carboxylic acids is 1. The first kappa shape index (κ1) is 15.1.